The smallest absolute Gasteiger partial charge is 0.161 e. The minimum absolute atomic E-state index is 0.540. The molecule has 2 aromatic rings. The lowest BCUT2D eigenvalue weighted by atomic mass is 10.2. The van der Waals surface area contributed by atoms with Gasteiger partial charge in [-0.2, -0.15) is 0 Å². The monoisotopic (exact) mass is 257 g/mol. The van der Waals surface area contributed by atoms with Crippen molar-refractivity contribution in [2.75, 3.05) is 13.2 Å². The molecule has 0 aliphatic carbocycles. The first-order valence-electron chi connectivity index (χ1n) is 6.49. The molecule has 3 heteroatoms. The summed E-state index contributed by atoms with van der Waals surface area (Å²) in [5, 5.41) is 0. The predicted octanol–water partition coefficient (Wildman–Crippen LogP) is 2.99. The zero-order chi connectivity index (χ0) is 13.3. The zero-order valence-corrected chi connectivity index (χ0v) is 10.9. The van der Waals surface area contributed by atoms with Crippen LogP contribution in [0.1, 0.15) is 12.0 Å². The number of hydrogen-bond donors (Lipinski definition) is 1. The van der Waals surface area contributed by atoms with Crippen molar-refractivity contribution in [3.05, 3.63) is 60.2 Å². The van der Waals surface area contributed by atoms with E-state index in [1.165, 1.54) is 0 Å². The van der Waals surface area contributed by atoms with Crippen LogP contribution in [0.3, 0.4) is 0 Å². The standard InChI is InChI=1S/C16H19NO2/c17-11-6-12-18-15-9-4-5-10-16(15)19-13-14-7-2-1-3-8-14/h1-5,7-10H,6,11-13,17H2. The fourth-order valence-corrected chi connectivity index (χ4v) is 1.69. The van der Waals surface area contributed by atoms with Crippen molar-refractivity contribution in [3.8, 4) is 11.5 Å². The Labute approximate surface area is 114 Å². The van der Waals surface area contributed by atoms with Crippen molar-refractivity contribution in [1.29, 1.82) is 0 Å². The maximum atomic E-state index is 5.80. The molecule has 3 nitrogen and oxygen atoms in total. The van der Waals surface area contributed by atoms with Gasteiger partial charge in [-0.1, -0.05) is 42.5 Å². The molecule has 0 spiro atoms. The molecule has 0 radical (unpaired) electrons. The summed E-state index contributed by atoms with van der Waals surface area (Å²) in [6, 6.07) is 17.8. The van der Waals surface area contributed by atoms with Gasteiger partial charge in [-0.15, -0.1) is 0 Å². The van der Waals surface area contributed by atoms with E-state index in [0.717, 1.165) is 23.5 Å². The molecule has 0 atom stereocenters. The molecule has 0 fully saturated rings. The quantitative estimate of drug-likeness (QED) is 0.775. The first-order chi connectivity index (χ1) is 9.40. The van der Waals surface area contributed by atoms with Crippen LogP contribution in [-0.2, 0) is 6.61 Å². The molecular formula is C16H19NO2. The third kappa shape index (κ3) is 4.30. The van der Waals surface area contributed by atoms with E-state index in [1.54, 1.807) is 0 Å². The second-order valence-electron chi connectivity index (χ2n) is 4.21. The summed E-state index contributed by atoms with van der Waals surface area (Å²) in [6.07, 6.45) is 0.840. The van der Waals surface area contributed by atoms with Crippen molar-refractivity contribution in [1.82, 2.24) is 0 Å². The molecule has 2 rings (SSSR count). The normalized spacial score (nSPS) is 10.2. The van der Waals surface area contributed by atoms with Gasteiger partial charge in [-0.25, -0.2) is 0 Å². The molecule has 0 aliphatic heterocycles. The van der Waals surface area contributed by atoms with Crippen LogP contribution in [0.25, 0.3) is 0 Å². The van der Waals surface area contributed by atoms with Crippen molar-refractivity contribution < 1.29 is 9.47 Å². The number of rotatable bonds is 7. The lowest BCUT2D eigenvalue weighted by Gasteiger charge is -2.12. The number of ether oxygens (including phenoxy) is 2. The molecule has 0 heterocycles. The molecule has 0 saturated carbocycles. The molecule has 0 amide bonds. The highest BCUT2D eigenvalue weighted by Crippen LogP contribution is 2.27. The third-order valence-electron chi connectivity index (χ3n) is 2.69. The van der Waals surface area contributed by atoms with Gasteiger partial charge in [0.1, 0.15) is 6.61 Å². The minimum atomic E-state index is 0.540. The lowest BCUT2D eigenvalue weighted by Crippen LogP contribution is -2.07. The summed E-state index contributed by atoms with van der Waals surface area (Å²) in [4.78, 5) is 0. The number of para-hydroxylation sites is 2. The molecule has 2 N–H and O–H groups in total. The Kier molecular flexibility index (Phi) is 5.26. The maximum absolute atomic E-state index is 5.80. The Morgan fingerprint density at radius 3 is 2.11 bits per heavy atom. The molecule has 2 aromatic carbocycles. The number of benzene rings is 2. The summed E-state index contributed by atoms with van der Waals surface area (Å²) >= 11 is 0. The summed E-state index contributed by atoms with van der Waals surface area (Å²) < 4.78 is 11.5. The van der Waals surface area contributed by atoms with Crippen molar-refractivity contribution in [2.45, 2.75) is 13.0 Å². The van der Waals surface area contributed by atoms with Crippen LogP contribution in [0.2, 0.25) is 0 Å². The van der Waals surface area contributed by atoms with Gasteiger partial charge < -0.3 is 15.2 Å². The predicted molar refractivity (Wildman–Crippen MR) is 76.4 cm³/mol. The summed E-state index contributed by atoms with van der Waals surface area (Å²) in [5.41, 5.74) is 6.59. The molecule has 0 aromatic heterocycles. The van der Waals surface area contributed by atoms with Crippen LogP contribution < -0.4 is 15.2 Å². The Morgan fingerprint density at radius 2 is 1.42 bits per heavy atom. The molecule has 0 saturated heterocycles. The molecule has 0 aliphatic rings. The third-order valence-corrected chi connectivity index (χ3v) is 2.69. The van der Waals surface area contributed by atoms with Gasteiger partial charge in [-0.05, 0) is 30.7 Å². The fourth-order valence-electron chi connectivity index (χ4n) is 1.69. The minimum Gasteiger partial charge on any atom is -0.490 e. The highest BCUT2D eigenvalue weighted by molar-refractivity contribution is 5.39. The van der Waals surface area contributed by atoms with E-state index in [1.807, 2.05) is 54.6 Å². The van der Waals surface area contributed by atoms with Gasteiger partial charge in [0.25, 0.3) is 0 Å². The van der Waals surface area contributed by atoms with E-state index in [-0.39, 0.29) is 0 Å². The van der Waals surface area contributed by atoms with Gasteiger partial charge >= 0.3 is 0 Å². The topological polar surface area (TPSA) is 44.5 Å². The first-order valence-corrected chi connectivity index (χ1v) is 6.49. The highest BCUT2D eigenvalue weighted by atomic mass is 16.5. The Hall–Kier alpha value is -2.00. The van der Waals surface area contributed by atoms with E-state index in [0.29, 0.717) is 19.8 Å². The van der Waals surface area contributed by atoms with E-state index < -0.39 is 0 Å². The molecule has 0 unspecified atom stereocenters. The van der Waals surface area contributed by atoms with Crippen molar-refractivity contribution in [3.63, 3.8) is 0 Å². The average Bonchev–Trinajstić information content (AvgIpc) is 2.48. The number of hydrogen-bond acceptors (Lipinski definition) is 3. The van der Waals surface area contributed by atoms with Gasteiger partial charge in [0, 0.05) is 0 Å². The largest absolute Gasteiger partial charge is 0.490 e. The van der Waals surface area contributed by atoms with Gasteiger partial charge in [0.05, 0.1) is 6.61 Å². The lowest BCUT2D eigenvalue weighted by molar-refractivity contribution is 0.260. The molecule has 19 heavy (non-hydrogen) atoms. The van der Waals surface area contributed by atoms with Gasteiger partial charge in [0.15, 0.2) is 11.5 Å². The second kappa shape index (κ2) is 7.44. The van der Waals surface area contributed by atoms with Crippen molar-refractivity contribution >= 4 is 0 Å². The average molecular weight is 257 g/mol. The van der Waals surface area contributed by atoms with Crippen molar-refractivity contribution in [2.24, 2.45) is 5.73 Å². The van der Waals surface area contributed by atoms with Crippen LogP contribution in [0.15, 0.2) is 54.6 Å². The molecular weight excluding hydrogens is 238 g/mol. The molecule has 0 bridgehead atoms. The summed E-state index contributed by atoms with van der Waals surface area (Å²) in [6.45, 7) is 1.79. The first kappa shape index (κ1) is 13.4. The van der Waals surface area contributed by atoms with Crippen LogP contribution >= 0.6 is 0 Å². The van der Waals surface area contributed by atoms with Crippen LogP contribution in [-0.4, -0.2) is 13.2 Å². The Bertz CT molecular complexity index is 485. The summed E-state index contributed by atoms with van der Waals surface area (Å²) in [7, 11) is 0. The van der Waals surface area contributed by atoms with Crippen LogP contribution in [0.5, 0.6) is 11.5 Å². The highest BCUT2D eigenvalue weighted by Gasteiger charge is 2.04. The maximum Gasteiger partial charge on any atom is 0.161 e. The Morgan fingerprint density at radius 1 is 0.789 bits per heavy atom. The van der Waals surface area contributed by atoms with E-state index >= 15 is 0 Å². The van der Waals surface area contributed by atoms with E-state index in [2.05, 4.69) is 0 Å². The Balaban J connectivity index is 1.95. The van der Waals surface area contributed by atoms with Crippen LogP contribution in [0, 0.1) is 0 Å². The summed E-state index contributed by atoms with van der Waals surface area (Å²) in [5.74, 6) is 1.54. The van der Waals surface area contributed by atoms with Crippen LogP contribution in [0.4, 0.5) is 0 Å². The zero-order valence-electron chi connectivity index (χ0n) is 10.9. The second-order valence-corrected chi connectivity index (χ2v) is 4.21. The van der Waals surface area contributed by atoms with E-state index in [9.17, 15) is 0 Å². The molecule has 100 valence electrons. The van der Waals surface area contributed by atoms with E-state index in [4.69, 9.17) is 15.2 Å². The number of nitrogens with two attached hydrogens (primary N) is 1. The van der Waals surface area contributed by atoms with Gasteiger partial charge in [0.2, 0.25) is 0 Å². The SMILES string of the molecule is NCCCOc1ccccc1OCc1ccccc1. The van der Waals surface area contributed by atoms with Gasteiger partial charge in [-0.3, -0.25) is 0 Å². The fraction of sp³-hybridized carbons (Fsp3) is 0.250.